The van der Waals surface area contributed by atoms with Gasteiger partial charge in [-0.2, -0.15) is 10.5 Å². The Hall–Kier alpha value is -2.98. The van der Waals surface area contributed by atoms with Crippen molar-refractivity contribution in [1.82, 2.24) is 0 Å². The normalized spacial score (nSPS) is 9.16. The predicted molar refractivity (Wildman–Crippen MR) is 74.2 cm³/mol. The lowest BCUT2D eigenvalue weighted by Gasteiger charge is -2.04. The summed E-state index contributed by atoms with van der Waals surface area (Å²) in [6.07, 6.45) is 4.60. The maximum Gasteiger partial charge on any atom is 0.181 e. The fourth-order valence-electron chi connectivity index (χ4n) is 1.78. The van der Waals surface area contributed by atoms with Crippen molar-refractivity contribution in [3.05, 3.63) is 59.7 Å². The van der Waals surface area contributed by atoms with Crippen molar-refractivity contribution in [1.29, 1.82) is 10.5 Å². The molecule has 0 amide bonds. The molecule has 0 atom stereocenters. The van der Waals surface area contributed by atoms with Crippen molar-refractivity contribution in [3.8, 4) is 12.4 Å². The minimum Gasteiger partial charge on any atom is -0.293 e. The lowest BCUT2D eigenvalue weighted by atomic mass is 10.0. The SMILES string of the molecule is N#CNc1ccc(Cc2ccc(NC#N)cc2)cc1. The molecule has 2 aromatic rings. The summed E-state index contributed by atoms with van der Waals surface area (Å²) in [6, 6.07) is 15.5. The summed E-state index contributed by atoms with van der Waals surface area (Å²) in [7, 11) is 0. The van der Waals surface area contributed by atoms with Crippen LogP contribution in [-0.2, 0) is 6.42 Å². The van der Waals surface area contributed by atoms with E-state index in [1.807, 2.05) is 60.9 Å². The van der Waals surface area contributed by atoms with Crippen LogP contribution in [0.2, 0.25) is 0 Å². The highest BCUT2D eigenvalue weighted by Crippen LogP contribution is 2.15. The molecule has 2 aromatic carbocycles. The Morgan fingerprint density at radius 3 is 1.37 bits per heavy atom. The molecular weight excluding hydrogens is 236 g/mol. The van der Waals surface area contributed by atoms with Gasteiger partial charge in [-0.05, 0) is 41.8 Å². The highest BCUT2D eigenvalue weighted by atomic mass is 14.9. The second-order valence-electron chi connectivity index (χ2n) is 4.04. The Kier molecular flexibility index (Phi) is 4.00. The van der Waals surface area contributed by atoms with Gasteiger partial charge in [0, 0.05) is 11.4 Å². The number of hydrogen-bond donors (Lipinski definition) is 2. The van der Waals surface area contributed by atoms with Gasteiger partial charge >= 0.3 is 0 Å². The summed E-state index contributed by atoms with van der Waals surface area (Å²) in [4.78, 5) is 0. The molecule has 2 N–H and O–H groups in total. The fourth-order valence-corrected chi connectivity index (χ4v) is 1.78. The highest BCUT2D eigenvalue weighted by Gasteiger charge is 1.98. The first-order chi connectivity index (χ1) is 9.31. The van der Waals surface area contributed by atoms with Gasteiger partial charge in [0.2, 0.25) is 0 Å². The summed E-state index contributed by atoms with van der Waals surface area (Å²) in [5.74, 6) is 0. The van der Waals surface area contributed by atoms with Gasteiger partial charge in [0.05, 0.1) is 0 Å². The second-order valence-corrected chi connectivity index (χ2v) is 4.04. The van der Waals surface area contributed by atoms with E-state index in [9.17, 15) is 0 Å². The van der Waals surface area contributed by atoms with Crippen LogP contribution in [0.4, 0.5) is 11.4 Å². The number of nitriles is 2. The molecule has 4 nitrogen and oxygen atoms in total. The first-order valence-corrected chi connectivity index (χ1v) is 5.80. The fraction of sp³-hybridized carbons (Fsp3) is 0.0667. The zero-order valence-electron chi connectivity index (χ0n) is 10.2. The summed E-state index contributed by atoms with van der Waals surface area (Å²) >= 11 is 0. The van der Waals surface area contributed by atoms with Crippen molar-refractivity contribution in [2.45, 2.75) is 6.42 Å². The summed E-state index contributed by atoms with van der Waals surface area (Å²) < 4.78 is 0. The minimum atomic E-state index is 0.791. The number of benzene rings is 2. The maximum absolute atomic E-state index is 8.50. The van der Waals surface area contributed by atoms with Gasteiger partial charge in [0.15, 0.2) is 12.4 Å². The van der Waals surface area contributed by atoms with Crippen LogP contribution in [0.1, 0.15) is 11.1 Å². The third-order valence-corrected chi connectivity index (χ3v) is 2.72. The van der Waals surface area contributed by atoms with Crippen molar-refractivity contribution in [3.63, 3.8) is 0 Å². The number of hydrogen-bond acceptors (Lipinski definition) is 4. The van der Waals surface area contributed by atoms with E-state index in [2.05, 4.69) is 10.6 Å². The molecule has 0 aliphatic rings. The van der Waals surface area contributed by atoms with Crippen molar-refractivity contribution in [2.24, 2.45) is 0 Å². The number of nitrogens with one attached hydrogen (secondary N) is 2. The third kappa shape index (κ3) is 3.49. The van der Waals surface area contributed by atoms with E-state index in [-0.39, 0.29) is 0 Å². The smallest absolute Gasteiger partial charge is 0.181 e. The van der Waals surface area contributed by atoms with E-state index >= 15 is 0 Å². The molecule has 0 aliphatic carbocycles. The molecule has 0 aromatic heterocycles. The largest absolute Gasteiger partial charge is 0.293 e. The minimum absolute atomic E-state index is 0.791. The van der Waals surface area contributed by atoms with Crippen molar-refractivity contribution in [2.75, 3.05) is 10.6 Å². The molecular formula is C15H12N4. The zero-order valence-corrected chi connectivity index (χ0v) is 10.2. The van der Waals surface area contributed by atoms with E-state index in [1.165, 1.54) is 11.1 Å². The van der Waals surface area contributed by atoms with Crippen LogP contribution in [0.15, 0.2) is 48.5 Å². The van der Waals surface area contributed by atoms with E-state index in [0.29, 0.717) is 0 Å². The Morgan fingerprint density at radius 2 is 1.05 bits per heavy atom. The van der Waals surface area contributed by atoms with E-state index < -0.39 is 0 Å². The summed E-state index contributed by atoms with van der Waals surface area (Å²) in [6.45, 7) is 0. The van der Waals surface area contributed by atoms with Crippen LogP contribution in [0.3, 0.4) is 0 Å². The predicted octanol–water partition coefficient (Wildman–Crippen LogP) is 3.06. The molecule has 19 heavy (non-hydrogen) atoms. The molecule has 0 saturated heterocycles. The van der Waals surface area contributed by atoms with Gasteiger partial charge in [0.25, 0.3) is 0 Å². The topological polar surface area (TPSA) is 71.6 Å². The standard InChI is InChI=1S/C15H12N4/c16-10-18-14-5-1-12(2-6-14)9-13-3-7-15(8-4-13)19-11-17/h1-8,18-19H,9H2. The third-order valence-electron chi connectivity index (χ3n) is 2.72. The van der Waals surface area contributed by atoms with Crippen LogP contribution in [0, 0.1) is 22.9 Å². The molecule has 0 saturated carbocycles. The molecule has 4 heteroatoms. The number of nitrogens with zero attached hydrogens (tertiary/aromatic N) is 2. The van der Waals surface area contributed by atoms with Gasteiger partial charge in [-0.1, -0.05) is 24.3 Å². The summed E-state index contributed by atoms with van der Waals surface area (Å²) in [5.41, 5.74) is 3.92. The number of rotatable bonds is 4. The lowest BCUT2D eigenvalue weighted by molar-refractivity contribution is 1.19. The Bertz CT molecular complexity index is 558. The first kappa shape index (κ1) is 12.5. The molecule has 0 fully saturated rings. The van der Waals surface area contributed by atoms with E-state index in [4.69, 9.17) is 10.5 Å². The van der Waals surface area contributed by atoms with Crippen LogP contribution < -0.4 is 10.6 Å². The van der Waals surface area contributed by atoms with E-state index in [1.54, 1.807) is 0 Å². The number of anilines is 2. The molecule has 0 bridgehead atoms. The van der Waals surface area contributed by atoms with Crippen molar-refractivity contribution < 1.29 is 0 Å². The Morgan fingerprint density at radius 1 is 0.684 bits per heavy atom. The molecule has 2 rings (SSSR count). The van der Waals surface area contributed by atoms with Crippen LogP contribution in [-0.4, -0.2) is 0 Å². The van der Waals surface area contributed by atoms with Gasteiger partial charge in [0.1, 0.15) is 0 Å². The monoisotopic (exact) mass is 248 g/mol. The Labute approximate surface area is 111 Å². The molecule has 0 radical (unpaired) electrons. The zero-order chi connectivity index (χ0) is 13.5. The lowest BCUT2D eigenvalue weighted by Crippen LogP contribution is -1.92. The van der Waals surface area contributed by atoms with E-state index in [0.717, 1.165) is 17.8 Å². The van der Waals surface area contributed by atoms with Gasteiger partial charge in [-0.15, -0.1) is 0 Å². The molecule has 0 unspecified atom stereocenters. The molecule has 0 heterocycles. The second kappa shape index (κ2) is 6.09. The average molecular weight is 248 g/mol. The average Bonchev–Trinajstić information content (AvgIpc) is 2.44. The van der Waals surface area contributed by atoms with Crippen LogP contribution >= 0.6 is 0 Å². The van der Waals surface area contributed by atoms with Crippen LogP contribution in [0.5, 0.6) is 0 Å². The van der Waals surface area contributed by atoms with Gasteiger partial charge < -0.3 is 0 Å². The van der Waals surface area contributed by atoms with Gasteiger partial charge in [-0.3, -0.25) is 10.6 Å². The Balaban J connectivity index is 2.04. The first-order valence-electron chi connectivity index (χ1n) is 5.80. The van der Waals surface area contributed by atoms with Crippen LogP contribution in [0.25, 0.3) is 0 Å². The maximum atomic E-state index is 8.50. The molecule has 92 valence electrons. The van der Waals surface area contributed by atoms with Crippen molar-refractivity contribution >= 4 is 11.4 Å². The molecule has 0 aliphatic heterocycles. The quantitative estimate of drug-likeness (QED) is 0.644. The highest BCUT2D eigenvalue weighted by molar-refractivity contribution is 5.50. The summed E-state index contributed by atoms with van der Waals surface area (Å²) in [5, 5.41) is 22.2. The molecule has 0 spiro atoms. The van der Waals surface area contributed by atoms with Gasteiger partial charge in [-0.25, -0.2) is 0 Å².